The van der Waals surface area contributed by atoms with Crippen LogP contribution in [0.2, 0.25) is 0 Å². The highest BCUT2D eigenvalue weighted by Gasteiger charge is 2.28. The van der Waals surface area contributed by atoms with Gasteiger partial charge in [0.15, 0.2) is 0 Å². The lowest BCUT2D eigenvalue weighted by Gasteiger charge is -2.31. The molecule has 0 radical (unpaired) electrons. The molecule has 1 fully saturated rings. The number of piperidine rings is 1. The highest BCUT2D eigenvalue weighted by atomic mass is 32.1. The van der Waals surface area contributed by atoms with E-state index in [-0.39, 0.29) is 17.9 Å². The van der Waals surface area contributed by atoms with Gasteiger partial charge in [0.1, 0.15) is 5.01 Å². The zero-order valence-electron chi connectivity index (χ0n) is 16.7. The maximum atomic E-state index is 12.6. The topological polar surface area (TPSA) is 87.2 Å². The van der Waals surface area contributed by atoms with Crippen molar-refractivity contribution >= 4 is 34.6 Å². The predicted octanol–water partition coefficient (Wildman–Crippen LogP) is 4.51. The number of aryl methyl sites for hydroxylation is 1. The van der Waals surface area contributed by atoms with Crippen LogP contribution in [0.3, 0.4) is 0 Å². The van der Waals surface area contributed by atoms with E-state index in [0.29, 0.717) is 18.1 Å². The van der Waals surface area contributed by atoms with E-state index < -0.39 is 0 Å². The van der Waals surface area contributed by atoms with Gasteiger partial charge in [-0.1, -0.05) is 47.2 Å². The number of hydrogen-bond donors (Lipinski definition) is 2. The summed E-state index contributed by atoms with van der Waals surface area (Å²) < 4.78 is 0. The fourth-order valence-corrected chi connectivity index (χ4v) is 4.26. The van der Waals surface area contributed by atoms with Crippen molar-refractivity contribution in [1.82, 2.24) is 15.1 Å². The summed E-state index contributed by atoms with van der Waals surface area (Å²) in [5.41, 5.74) is 2.63. The molecule has 2 N–H and O–H groups in total. The van der Waals surface area contributed by atoms with Crippen molar-refractivity contribution in [2.24, 2.45) is 0 Å². The summed E-state index contributed by atoms with van der Waals surface area (Å²) in [6.07, 6.45) is 1.81. The Labute approximate surface area is 179 Å². The smallest absolute Gasteiger partial charge is 0.321 e. The summed E-state index contributed by atoms with van der Waals surface area (Å²) in [6, 6.07) is 16.9. The summed E-state index contributed by atoms with van der Waals surface area (Å²) in [7, 11) is 0. The van der Waals surface area contributed by atoms with Crippen molar-refractivity contribution < 1.29 is 9.59 Å². The van der Waals surface area contributed by atoms with Gasteiger partial charge >= 0.3 is 6.03 Å². The second-order valence-corrected chi connectivity index (χ2v) is 8.36. The van der Waals surface area contributed by atoms with E-state index in [1.165, 1.54) is 11.3 Å². The Bertz CT molecular complexity index is 1020. The lowest BCUT2D eigenvalue weighted by atomic mass is 9.99. The maximum absolute atomic E-state index is 12.6. The summed E-state index contributed by atoms with van der Waals surface area (Å²) >= 11 is 1.30. The van der Waals surface area contributed by atoms with E-state index >= 15 is 0 Å². The summed E-state index contributed by atoms with van der Waals surface area (Å²) in [5, 5.41) is 15.2. The van der Waals surface area contributed by atoms with Gasteiger partial charge in [-0.15, -0.1) is 10.2 Å². The molecule has 1 saturated heterocycles. The number of anilines is 2. The second-order valence-electron chi connectivity index (χ2n) is 7.35. The number of carbonyl (C=O) groups excluding carboxylic acids is 2. The molecule has 2 heterocycles. The summed E-state index contributed by atoms with van der Waals surface area (Å²) in [5.74, 6) is -0.184. The molecular formula is C22H23N5O2S. The molecule has 0 spiro atoms. The third-order valence-corrected chi connectivity index (χ3v) is 6.11. The molecule has 3 aromatic rings. The zero-order valence-corrected chi connectivity index (χ0v) is 17.5. The van der Waals surface area contributed by atoms with E-state index in [4.69, 9.17) is 0 Å². The molecule has 3 amide bonds. The van der Waals surface area contributed by atoms with Crippen LogP contribution in [0.5, 0.6) is 0 Å². The van der Waals surface area contributed by atoms with Crippen LogP contribution in [0.4, 0.5) is 16.2 Å². The normalized spacial score (nSPS) is 16.2. The zero-order chi connectivity index (χ0) is 20.9. The first kappa shape index (κ1) is 20.0. The monoisotopic (exact) mass is 421 g/mol. The Morgan fingerprint density at radius 3 is 2.50 bits per heavy atom. The Morgan fingerprint density at radius 2 is 1.73 bits per heavy atom. The number of amides is 3. The second kappa shape index (κ2) is 9.04. The lowest BCUT2D eigenvalue weighted by Crippen LogP contribution is -2.41. The van der Waals surface area contributed by atoms with Gasteiger partial charge in [-0.25, -0.2) is 4.79 Å². The van der Waals surface area contributed by atoms with Crippen molar-refractivity contribution in [3.8, 4) is 0 Å². The predicted molar refractivity (Wildman–Crippen MR) is 118 cm³/mol. The quantitative estimate of drug-likeness (QED) is 0.649. The average Bonchev–Trinajstić information content (AvgIpc) is 3.27. The molecule has 0 aliphatic carbocycles. The number of para-hydroxylation sites is 1. The lowest BCUT2D eigenvalue weighted by molar-refractivity contribution is 0.102. The Balaban J connectivity index is 1.38. The number of hydrogen-bond acceptors (Lipinski definition) is 5. The highest BCUT2D eigenvalue weighted by Crippen LogP contribution is 2.29. The average molecular weight is 422 g/mol. The van der Waals surface area contributed by atoms with Crippen LogP contribution < -0.4 is 10.6 Å². The number of carbonyl (C=O) groups is 2. The number of urea groups is 1. The minimum Gasteiger partial charge on any atom is -0.324 e. The molecule has 2 aromatic carbocycles. The Morgan fingerprint density at radius 1 is 1.00 bits per heavy atom. The molecule has 30 heavy (non-hydrogen) atoms. The number of likely N-dealkylation sites (tertiary alicyclic amines) is 1. The van der Waals surface area contributed by atoms with Gasteiger partial charge in [0.05, 0.1) is 0 Å². The van der Waals surface area contributed by atoms with Crippen molar-refractivity contribution in [1.29, 1.82) is 0 Å². The fraction of sp³-hybridized carbons (Fsp3) is 0.273. The van der Waals surface area contributed by atoms with E-state index in [2.05, 4.69) is 20.8 Å². The largest absolute Gasteiger partial charge is 0.324 e. The first-order valence-corrected chi connectivity index (χ1v) is 10.7. The molecule has 0 saturated carbocycles. The van der Waals surface area contributed by atoms with E-state index in [0.717, 1.165) is 34.8 Å². The standard InChI is InChI=1S/C22H23N5O2S/c1-15-9-11-18(12-10-15)23-19(28)21-26-25-20(30-21)16-6-5-13-27(14-16)22(29)24-17-7-3-2-4-8-17/h2-4,7-12,16H,5-6,13-14H2,1H3,(H,23,28)(H,24,29)/t16-/m0/s1. The molecule has 4 rings (SSSR count). The SMILES string of the molecule is Cc1ccc(NC(=O)c2nnc([C@H]3CCCN(C(=O)Nc4ccccc4)C3)s2)cc1. The molecule has 7 nitrogen and oxygen atoms in total. The van der Waals surface area contributed by atoms with Crippen LogP contribution in [0.15, 0.2) is 54.6 Å². The van der Waals surface area contributed by atoms with Gasteiger partial charge < -0.3 is 15.5 Å². The molecule has 154 valence electrons. The van der Waals surface area contributed by atoms with Gasteiger partial charge in [0, 0.05) is 30.4 Å². The Hall–Kier alpha value is -3.26. The van der Waals surface area contributed by atoms with Crippen LogP contribution in [0.25, 0.3) is 0 Å². The molecule has 1 aliphatic rings. The van der Waals surface area contributed by atoms with Crippen LogP contribution in [0, 0.1) is 6.92 Å². The molecule has 1 aromatic heterocycles. The van der Waals surface area contributed by atoms with E-state index in [1.807, 2.05) is 61.5 Å². The first-order valence-electron chi connectivity index (χ1n) is 9.91. The Kier molecular flexibility index (Phi) is 6.04. The fourth-order valence-electron chi connectivity index (χ4n) is 3.40. The highest BCUT2D eigenvalue weighted by molar-refractivity contribution is 7.13. The number of nitrogens with one attached hydrogen (secondary N) is 2. The van der Waals surface area contributed by atoms with Gasteiger partial charge in [-0.05, 0) is 44.0 Å². The third-order valence-electron chi connectivity index (χ3n) is 5.03. The van der Waals surface area contributed by atoms with Gasteiger partial charge in [0.2, 0.25) is 5.01 Å². The number of nitrogens with zero attached hydrogens (tertiary/aromatic N) is 3. The van der Waals surface area contributed by atoms with E-state index in [9.17, 15) is 9.59 Å². The number of rotatable bonds is 4. The number of aromatic nitrogens is 2. The maximum Gasteiger partial charge on any atom is 0.321 e. The third kappa shape index (κ3) is 4.83. The summed E-state index contributed by atoms with van der Waals surface area (Å²) in [6.45, 7) is 3.26. The van der Waals surface area contributed by atoms with Crippen molar-refractivity contribution in [2.45, 2.75) is 25.7 Å². The van der Waals surface area contributed by atoms with Gasteiger partial charge in [0.25, 0.3) is 5.91 Å². The molecular weight excluding hydrogens is 398 g/mol. The van der Waals surface area contributed by atoms with E-state index in [1.54, 1.807) is 4.90 Å². The summed E-state index contributed by atoms with van der Waals surface area (Å²) in [4.78, 5) is 26.9. The van der Waals surface area contributed by atoms with Crippen LogP contribution in [0.1, 0.15) is 39.1 Å². The van der Waals surface area contributed by atoms with Crippen molar-refractivity contribution in [3.63, 3.8) is 0 Å². The van der Waals surface area contributed by atoms with Gasteiger partial charge in [-0.2, -0.15) is 0 Å². The minimum absolute atomic E-state index is 0.0821. The minimum atomic E-state index is -0.267. The van der Waals surface area contributed by atoms with Crippen LogP contribution >= 0.6 is 11.3 Å². The molecule has 1 aliphatic heterocycles. The first-order chi connectivity index (χ1) is 14.6. The molecule has 0 bridgehead atoms. The van der Waals surface area contributed by atoms with Crippen LogP contribution in [-0.2, 0) is 0 Å². The molecule has 0 unspecified atom stereocenters. The number of benzene rings is 2. The van der Waals surface area contributed by atoms with Crippen LogP contribution in [-0.4, -0.2) is 40.1 Å². The molecule has 8 heteroatoms. The van der Waals surface area contributed by atoms with Gasteiger partial charge in [-0.3, -0.25) is 4.79 Å². The molecule has 1 atom stereocenters. The van der Waals surface area contributed by atoms with Crippen molar-refractivity contribution in [2.75, 3.05) is 23.7 Å². The van der Waals surface area contributed by atoms with Crippen molar-refractivity contribution in [3.05, 3.63) is 70.2 Å².